The summed E-state index contributed by atoms with van der Waals surface area (Å²) in [5.41, 5.74) is 4.93. The summed E-state index contributed by atoms with van der Waals surface area (Å²) in [4.78, 5) is 0. The van der Waals surface area contributed by atoms with Crippen LogP contribution in [-0.4, -0.2) is 14.9 Å². The van der Waals surface area contributed by atoms with E-state index in [1.807, 2.05) is 18.2 Å². The quantitative estimate of drug-likeness (QED) is 0.542. The maximum absolute atomic E-state index is 6.10. The number of aromatic amines is 1. The molecule has 1 heterocycles. The summed E-state index contributed by atoms with van der Waals surface area (Å²) < 4.78 is 8.00. The summed E-state index contributed by atoms with van der Waals surface area (Å²) >= 11 is 23.2. The van der Waals surface area contributed by atoms with E-state index in [2.05, 4.69) is 15.6 Å². The second-order valence-electron chi connectivity index (χ2n) is 5.16. The maximum atomic E-state index is 6.10. The molecule has 0 fully saturated rings. The van der Waals surface area contributed by atoms with E-state index in [-0.39, 0.29) is 0 Å². The first-order chi connectivity index (χ1) is 12.0. The SMILES string of the molecule is S=c1[nH]ncn1NCc1cc(Cl)ccc1OCc1ccc(Cl)c(Cl)c1. The number of halogens is 3. The fraction of sp³-hybridized carbons (Fsp3) is 0.125. The van der Waals surface area contributed by atoms with Gasteiger partial charge in [0.05, 0.1) is 16.6 Å². The van der Waals surface area contributed by atoms with Gasteiger partial charge in [-0.1, -0.05) is 40.9 Å². The van der Waals surface area contributed by atoms with Gasteiger partial charge in [-0.3, -0.25) is 5.10 Å². The van der Waals surface area contributed by atoms with Gasteiger partial charge >= 0.3 is 0 Å². The van der Waals surface area contributed by atoms with Crippen LogP contribution in [0.5, 0.6) is 5.75 Å². The van der Waals surface area contributed by atoms with Crippen molar-refractivity contribution in [3.63, 3.8) is 0 Å². The Kier molecular flexibility index (Phi) is 5.86. The van der Waals surface area contributed by atoms with Crippen molar-refractivity contribution in [2.24, 2.45) is 0 Å². The van der Waals surface area contributed by atoms with Gasteiger partial charge in [0.15, 0.2) is 0 Å². The molecule has 25 heavy (non-hydrogen) atoms. The molecule has 130 valence electrons. The standard InChI is InChI=1S/C16H13Cl3N4OS/c17-12-2-4-15(24-8-10-1-3-13(18)14(19)5-10)11(6-12)7-21-23-9-20-22-16(23)25/h1-6,9,21H,7-8H2,(H,22,25). The molecular weight excluding hydrogens is 403 g/mol. The van der Waals surface area contributed by atoms with E-state index in [9.17, 15) is 0 Å². The summed E-state index contributed by atoms with van der Waals surface area (Å²) in [5.74, 6) is 0.706. The predicted octanol–water partition coefficient (Wildman–Crippen LogP) is 5.22. The number of H-pyrrole nitrogens is 1. The molecule has 3 aromatic rings. The van der Waals surface area contributed by atoms with Crippen molar-refractivity contribution < 1.29 is 4.74 Å². The molecule has 0 radical (unpaired) electrons. The van der Waals surface area contributed by atoms with Crippen molar-refractivity contribution in [2.45, 2.75) is 13.2 Å². The zero-order valence-corrected chi connectivity index (χ0v) is 15.9. The number of nitrogens with one attached hydrogen (secondary N) is 2. The van der Waals surface area contributed by atoms with Gasteiger partial charge < -0.3 is 10.2 Å². The Labute approximate surface area is 164 Å². The third kappa shape index (κ3) is 4.67. The smallest absolute Gasteiger partial charge is 0.214 e. The van der Waals surface area contributed by atoms with E-state index >= 15 is 0 Å². The Balaban J connectivity index is 1.73. The Morgan fingerprint density at radius 2 is 1.96 bits per heavy atom. The van der Waals surface area contributed by atoms with E-state index in [1.165, 1.54) is 0 Å². The first-order valence-electron chi connectivity index (χ1n) is 7.24. The molecule has 0 aliphatic heterocycles. The van der Waals surface area contributed by atoms with Crippen LogP contribution in [0.25, 0.3) is 0 Å². The van der Waals surface area contributed by atoms with Crippen molar-refractivity contribution >= 4 is 47.0 Å². The van der Waals surface area contributed by atoms with Crippen LogP contribution in [0.2, 0.25) is 15.1 Å². The molecule has 0 bridgehead atoms. The van der Waals surface area contributed by atoms with Gasteiger partial charge in [-0.25, -0.2) is 4.68 Å². The van der Waals surface area contributed by atoms with Crippen molar-refractivity contribution in [1.29, 1.82) is 0 Å². The summed E-state index contributed by atoms with van der Waals surface area (Å²) in [5, 5.41) is 8.16. The van der Waals surface area contributed by atoms with Crippen molar-refractivity contribution in [2.75, 3.05) is 5.43 Å². The number of aromatic nitrogens is 3. The van der Waals surface area contributed by atoms with Gasteiger partial charge in [-0.05, 0) is 48.1 Å². The first kappa shape index (κ1) is 18.1. The van der Waals surface area contributed by atoms with Crippen molar-refractivity contribution in [1.82, 2.24) is 14.9 Å². The lowest BCUT2D eigenvalue weighted by molar-refractivity contribution is 0.303. The molecule has 0 unspecified atom stereocenters. The van der Waals surface area contributed by atoms with Gasteiger partial charge in [-0.15, -0.1) is 0 Å². The van der Waals surface area contributed by atoms with Crippen molar-refractivity contribution in [3.05, 3.63) is 73.7 Å². The number of benzene rings is 2. The normalized spacial score (nSPS) is 10.7. The molecule has 0 aliphatic rings. The Morgan fingerprint density at radius 1 is 1.12 bits per heavy atom. The zero-order valence-electron chi connectivity index (χ0n) is 12.8. The van der Waals surface area contributed by atoms with E-state index < -0.39 is 0 Å². The predicted molar refractivity (Wildman–Crippen MR) is 103 cm³/mol. The van der Waals surface area contributed by atoms with Crippen LogP contribution in [0, 0.1) is 4.77 Å². The second kappa shape index (κ2) is 8.10. The minimum absolute atomic E-state index is 0.358. The highest BCUT2D eigenvalue weighted by Gasteiger charge is 2.07. The number of hydrogen-bond acceptors (Lipinski definition) is 4. The van der Waals surface area contributed by atoms with Crippen LogP contribution in [-0.2, 0) is 13.2 Å². The average Bonchev–Trinajstić information content (AvgIpc) is 3.00. The van der Waals surface area contributed by atoms with Crippen molar-refractivity contribution in [3.8, 4) is 5.75 Å². The third-order valence-corrected chi connectivity index (χ3v) is 4.66. The molecule has 2 N–H and O–H groups in total. The third-order valence-electron chi connectivity index (χ3n) is 3.39. The van der Waals surface area contributed by atoms with Crippen LogP contribution in [0.4, 0.5) is 0 Å². The lowest BCUT2D eigenvalue weighted by Crippen LogP contribution is -2.14. The minimum Gasteiger partial charge on any atom is -0.489 e. The van der Waals surface area contributed by atoms with Crippen LogP contribution in [0.3, 0.4) is 0 Å². The largest absolute Gasteiger partial charge is 0.489 e. The van der Waals surface area contributed by atoms with Gasteiger partial charge in [0.2, 0.25) is 4.77 Å². The highest BCUT2D eigenvalue weighted by molar-refractivity contribution is 7.71. The minimum atomic E-state index is 0.358. The summed E-state index contributed by atoms with van der Waals surface area (Å²) in [6.07, 6.45) is 1.56. The molecule has 2 aromatic carbocycles. The van der Waals surface area contributed by atoms with E-state index in [0.717, 1.165) is 11.1 Å². The first-order valence-corrected chi connectivity index (χ1v) is 8.78. The lowest BCUT2D eigenvalue weighted by atomic mass is 10.2. The van der Waals surface area contributed by atoms with Gasteiger partial charge in [0, 0.05) is 10.6 Å². The molecule has 1 aromatic heterocycles. The number of hydrogen-bond donors (Lipinski definition) is 2. The number of nitrogens with zero attached hydrogens (tertiary/aromatic N) is 2. The topological polar surface area (TPSA) is 54.9 Å². The van der Waals surface area contributed by atoms with E-state index in [0.29, 0.717) is 38.7 Å². The van der Waals surface area contributed by atoms with E-state index in [4.69, 9.17) is 51.8 Å². The van der Waals surface area contributed by atoms with Gasteiger partial charge in [0.25, 0.3) is 0 Å². The summed E-state index contributed by atoms with van der Waals surface area (Å²) in [6, 6.07) is 10.8. The lowest BCUT2D eigenvalue weighted by Gasteiger charge is -2.14. The Morgan fingerprint density at radius 3 is 2.68 bits per heavy atom. The summed E-state index contributed by atoms with van der Waals surface area (Å²) in [7, 11) is 0. The molecule has 0 atom stereocenters. The molecule has 0 aliphatic carbocycles. The highest BCUT2D eigenvalue weighted by Crippen LogP contribution is 2.26. The average molecular weight is 416 g/mol. The van der Waals surface area contributed by atoms with Crippen LogP contribution in [0.15, 0.2) is 42.7 Å². The summed E-state index contributed by atoms with van der Waals surface area (Å²) in [6.45, 7) is 0.821. The van der Waals surface area contributed by atoms with Gasteiger partial charge in [-0.2, -0.15) is 5.10 Å². The fourth-order valence-corrected chi connectivity index (χ4v) is 2.83. The van der Waals surface area contributed by atoms with Crippen LogP contribution in [0.1, 0.15) is 11.1 Å². The van der Waals surface area contributed by atoms with Crippen LogP contribution >= 0.6 is 47.0 Å². The second-order valence-corrected chi connectivity index (χ2v) is 6.79. The molecule has 0 saturated heterocycles. The van der Waals surface area contributed by atoms with Crippen LogP contribution < -0.4 is 10.2 Å². The number of ether oxygens (including phenoxy) is 1. The maximum Gasteiger partial charge on any atom is 0.214 e. The fourth-order valence-electron chi connectivity index (χ4n) is 2.15. The molecule has 0 amide bonds. The monoisotopic (exact) mass is 414 g/mol. The Bertz CT molecular complexity index is 941. The van der Waals surface area contributed by atoms with Gasteiger partial charge in [0.1, 0.15) is 18.7 Å². The molecule has 5 nitrogen and oxygen atoms in total. The Hall–Kier alpha value is -1.73. The highest BCUT2D eigenvalue weighted by atomic mass is 35.5. The molecule has 9 heteroatoms. The number of rotatable bonds is 6. The molecule has 0 saturated carbocycles. The molecular formula is C16H13Cl3N4OS. The van der Waals surface area contributed by atoms with E-state index in [1.54, 1.807) is 29.2 Å². The zero-order chi connectivity index (χ0) is 17.8. The molecule has 3 rings (SSSR count). The molecule has 0 spiro atoms.